The fourth-order valence-electron chi connectivity index (χ4n) is 5.56. The Labute approximate surface area is 268 Å². The van der Waals surface area contributed by atoms with E-state index in [4.69, 9.17) is 9.72 Å². The zero-order chi connectivity index (χ0) is 28.9. The van der Waals surface area contributed by atoms with E-state index in [1.54, 1.807) is 12.4 Å². The molecule has 5 heterocycles. The summed E-state index contributed by atoms with van der Waals surface area (Å²) in [5, 5.41) is 2.14. The number of aryl methyl sites for hydroxylation is 1. The first-order valence-corrected chi connectivity index (χ1v) is 13.7. The van der Waals surface area contributed by atoms with Gasteiger partial charge in [0, 0.05) is 55.5 Å². The Morgan fingerprint density at radius 1 is 0.818 bits per heavy atom. The molecular weight excluding hydrogens is 732 g/mol. The summed E-state index contributed by atoms with van der Waals surface area (Å²) < 4.78 is 8.35. The Bertz CT molecular complexity index is 2150. The maximum Gasteiger partial charge on any atom is 0.164 e. The molecule has 0 amide bonds. The van der Waals surface area contributed by atoms with E-state index < -0.39 is 0 Å². The minimum atomic E-state index is 0. The van der Waals surface area contributed by atoms with E-state index in [9.17, 15) is 0 Å². The van der Waals surface area contributed by atoms with Gasteiger partial charge in [0.25, 0.3) is 0 Å². The van der Waals surface area contributed by atoms with Crippen molar-refractivity contribution >= 4 is 38.9 Å². The van der Waals surface area contributed by atoms with Gasteiger partial charge in [-0.25, -0.2) is 19.9 Å². The number of benzene rings is 3. The maximum absolute atomic E-state index is 6.26. The van der Waals surface area contributed by atoms with Gasteiger partial charge in [0.15, 0.2) is 5.82 Å². The third-order valence-corrected chi connectivity index (χ3v) is 7.55. The number of aromatic nitrogens is 6. The fraction of sp³-hybridized carbons (Fsp3) is 0.0588. The predicted molar refractivity (Wildman–Crippen MR) is 165 cm³/mol. The maximum atomic E-state index is 6.26. The van der Waals surface area contributed by atoms with Gasteiger partial charge < -0.3 is 19.1 Å². The van der Waals surface area contributed by atoms with E-state index >= 15 is 0 Å². The average Bonchev–Trinajstić information content (AvgIpc) is 3.56. The van der Waals surface area contributed by atoms with Gasteiger partial charge in [0.05, 0.1) is 0 Å². The first-order valence-electron chi connectivity index (χ1n) is 13.7. The Balaban J connectivity index is 0.00000312. The molecule has 0 aliphatic carbocycles. The van der Waals surface area contributed by atoms with Gasteiger partial charge in [0.2, 0.25) is 0 Å². The number of nitrogens with zero attached hydrogens (tertiary/aromatic N) is 8. The second-order valence-corrected chi connectivity index (χ2v) is 10.2. The van der Waals surface area contributed by atoms with Crippen molar-refractivity contribution in [2.45, 2.75) is 6.92 Å². The normalized spacial score (nSPS) is 12.4. The molecule has 218 valence electrons. The number of rotatable bonds is 5. The van der Waals surface area contributed by atoms with Crippen LogP contribution in [0.15, 0.2) is 97.8 Å². The predicted octanol–water partition coefficient (Wildman–Crippen LogP) is 6.83. The minimum absolute atomic E-state index is 0. The van der Waals surface area contributed by atoms with E-state index in [1.165, 1.54) is 12.7 Å². The quantitative estimate of drug-likeness (QED) is 0.177. The van der Waals surface area contributed by atoms with E-state index in [0.29, 0.717) is 17.5 Å². The van der Waals surface area contributed by atoms with E-state index in [-0.39, 0.29) is 21.1 Å². The summed E-state index contributed by atoms with van der Waals surface area (Å²) >= 11 is 0. The number of hydrogen-bond acceptors (Lipinski definition) is 8. The molecule has 0 saturated carbocycles. The molecule has 0 spiro atoms. The molecule has 9 nitrogen and oxygen atoms in total. The van der Waals surface area contributed by atoms with Crippen molar-refractivity contribution in [3.05, 3.63) is 122 Å². The zero-order valence-electron chi connectivity index (χ0n) is 23.6. The summed E-state index contributed by atoms with van der Waals surface area (Å²) in [4.78, 5) is 25.9. The number of hydrogen-bond donors (Lipinski definition) is 0. The molecule has 0 bridgehead atoms. The topological polar surface area (TPSA) is 85.1 Å². The average molecular weight is 755 g/mol. The van der Waals surface area contributed by atoms with Crippen LogP contribution in [0, 0.1) is 25.7 Å². The molecule has 0 unspecified atom stereocenters. The number of anilines is 3. The first kappa shape index (κ1) is 27.7. The molecule has 3 aromatic carbocycles. The van der Waals surface area contributed by atoms with E-state index in [1.807, 2.05) is 63.1 Å². The molecule has 0 fully saturated rings. The summed E-state index contributed by atoms with van der Waals surface area (Å²) in [5.41, 5.74) is 6.73. The third-order valence-electron chi connectivity index (χ3n) is 7.55. The number of para-hydroxylation sites is 3. The van der Waals surface area contributed by atoms with Crippen LogP contribution in [-0.2, 0) is 21.1 Å². The molecule has 0 N–H and O–H groups in total. The molecule has 8 rings (SSSR count). The van der Waals surface area contributed by atoms with Crippen molar-refractivity contribution in [3.63, 3.8) is 0 Å². The Hall–Kier alpha value is -5.14. The SMILES string of the molecule is Cc1cc(-n2c3[c-]c(Oc4[c-]c(N5[CH-]N(C)c6ccccc65)ccn4)ccc3c3ccccc32)ncc1-c1ncncn1.[Pt]. The molecule has 4 aromatic heterocycles. The first-order chi connectivity index (χ1) is 21.1. The van der Waals surface area contributed by atoms with Gasteiger partial charge in [-0.05, 0) is 55.4 Å². The monoisotopic (exact) mass is 754 g/mol. The molecule has 1 aliphatic heterocycles. The van der Waals surface area contributed by atoms with Crippen molar-refractivity contribution in [2.24, 2.45) is 0 Å². The molecule has 1 aliphatic rings. The molecule has 7 aromatic rings. The van der Waals surface area contributed by atoms with Crippen LogP contribution in [0.5, 0.6) is 11.6 Å². The summed E-state index contributed by atoms with van der Waals surface area (Å²) in [6.45, 7) is 4.05. The standard InChI is InChI=1S/C34H23N8O.Pt/c1-22-15-32(37-18-27(22)34-38-19-35-20-39-34)42-28-8-4-3-7-25(28)26-12-11-24(17-31(26)42)43-33-16-23(13-14-36-33)41-21-40(2)29-9-5-6-10-30(29)41;/h3-15,18-21H,1-2H3;/q-3;. The molecular formula is C34H23N8OPt-3. The second kappa shape index (κ2) is 11.2. The van der Waals surface area contributed by atoms with Crippen LogP contribution < -0.4 is 14.5 Å². The van der Waals surface area contributed by atoms with Crippen molar-refractivity contribution in [2.75, 3.05) is 16.8 Å². The molecule has 44 heavy (non-hydrogen) atoms. The van der Waals surface area contributed by atoms with Crippen LogP contribution in [0.25, 0.3) is 39.0 Å². The van der Waals surface area contributed by atoms with Crippen molar-refractivity contribution in [1.82, 2.24) is 29.5 Å². The van der Waals surface area contributed by atoms with Gasteiger partial charge in [-0.15, -0.1) is 17.5 Å². The van der Waals surface area contributed by atoms with Crippen LogP contribution >= 0.6 is 0 Å². The zero-order valence-corrected chi connectivity index (χ0v) is 25.9. The Kier molecular flexibility index (Phi) is 7.03. The van der Waals surface area contributed by atoms with Crippen LogP contribution in [0.1, 0.15) is 5.56 Å². The Morgan fingerprint density at radius 3 is 2.45 bits per heavy atom. The van der Waals surface area contributed by atoms with E-state index in [0.717, 1.165) is 55.8 Å². The molecule has 0 atom stereocenters. The number of fused-ring (bicyclic) bond motifs is 4. The van der Waals surface area contributed by atoms with Gasteiger partial charge in [-0.2, -0.15) is 30.6 Å². The van der Waals surface area contributed by atoms with Crippen molar-refractivity contribution in [1.29, 1.82) is 0 Å². The van der Waals surface area contributed by atoms with Gasteiger partial charge in [-0.3, -0.25) is 4.98 Å². The number of ether oxygens (including phenoxy) is 1. The summed E-state index contributed by atoms with van der Waals surface area (Å²) in [5.74, 6) is 2.23. The largest absolute Gasteiger partial charge is 0.504 e. The van der Waals surface area contributed by atoms with Gasteiger partial charge >= 0.3 is 0 Å². The summed E-state index contributed by atoms with van der Waals surface area (Å²) in [6.07, 6.45) is 6.51. The van der Waals surface area contributed by atoms with Crippen LogP contribution in [0.4, 0.5) is 17.1 Å². The Morgan fingerprint density at radius 2 is 1.61 bits per heavy atom. The summed E-state index contributed by atoms with van der Waals surface area (Å²) in [7, 11) is 2.03. The van der Waals surface area contributed by atoms with Crippen LogP contribution in [0.3, 0.4) is 0 Å². The van der Waals surface area contributed by atoms with Crippen LogP contribution in [-0.4, -0.2) is 36.5 Å². The summed E-state index contributed by atoms with van der Waals surface area (Å²) in [6, 6.07) is 31.2. The van der Waals surface area contributed by atoms with Crippen molar-refractivity contribution in [3.8, 4) is 28.8 Å². The molecule has 10 heteroatoms. The second-order valence-electron chi connectivity index (χ2n) is 10.2. The minimum Gasteiger partial charge on any atom is -0.504 e. The van der Waals surface area contributed by atoms with E-state index in [2.05, 4.69) is 76.8 Å². The smallest absolute Gasteiger partial charge is 0.164 e. The van der Waals surface area contributed by atoms with Gasteiger partial charge in [-0.1, -0.05) is 35.8 Å². The molecule has 0 saturated heterocycles. The van der Waals surface area contributed by atoms with Gasteiger partial charge in [0.1, 0.15) is 24.4 Å². The van der Waals surface area contributed by atoms with Crippen LogP contribution in [0.2, 0.25) is 0 Å². The number of pyridine rings is 2. The fourth-order valence-corrected chi connectivity index (χ4v) is 5.56. The molecule has 0 radical (unpaired) electrons. The third kappa shape index (κ3) is 4.66. The van der Waals surface area contributed by atoms with Crippen molar-refractivity contribution < 1.29 is 25.8 Å².